The summed E-state index contributed by atoms with van der Waals surface area (Å²) in [7, 11) is 0. The van der Waals surface area contributed by atoms with Crippen molar-refractivity contribution in [1.29, 1.82) is 5.41 Å². The largest absolute Gasteiger partial charge is 0.398 e. The summed E-state index contributed by atoms with van der Waals surface area (Å²) in [6.07, 6.45) is 0. The number of para-hydroxylation sites is 1. The summed E-state index contributed by atoms with van der Waals surface area (Å²) in [6, 6.07) is 7.04. The van der Waals surface area contributed by atoms with Gasteiger partial charge in [0.1, 0.15) is 5.84 Å². The highest BCUT2D eigenvalue weighted by atomic mass is 14.7. The number of nitrogens with one attached hydrogen (secondary N) is 1. The lowest BCUT2D eigenvalue weighted by molar-refractivity contribution is 1.43. The van der Waals surface area contributed by atoms with Gasteiger partial charge in [0.15, 0.2) is 0 Å². The quantitative estimate of drug-likeness (QED) is 0.299. The third kappa shape index (κ3) is 1.07. The Hall–Kier alpha value is -1.51. The smallest absolute Gasteiger partial charge is 0.124 e. The fourth-order valence-corrected chi connectivity index (χ4v) is 0.742. The molecular weight excluding hydrogens is 126 g/mol. The highest BCUT2D eigenvalue weighted by molar-refractivity contribution is 5.99. The van der Waals surface area contributed by atoms with E-state index < -0.39 is 0 Å². The van der Waals surface area contributed by atoms with E-state index in [1.807, 2.05) is 6.07 Å². The number of rotatable bonds is 1. The Balaban J connectivity index is 3.15. The molecule has 0 heterocycles. The molecule has 1 aromatic rings. The minimum Gasteiger partial charge on any atom is -0.398 e. The maximum atomic E-state index is 7.07. The Labute approximate surface area is 59.2 Å². The second-order valence-corrected chi connectivity index (χ2v) is 2.00. The summed E-state index contributed by atoms with van der Waals surface area (Å²) in [6.45, 7) is 0. The lowest BCUT2D eigenvalue weighted by Gasteiger charge is -2.00. The summed E-state index contributed by atoms with van der Waals surface area (Å²) >= 11 is 0. The van der Waals surface area contributed by atoms with Crippen LogP contribution in [0.25, 0.3) is 0 Å². The highest BCUT2D eigenvalue weighted by Gasteiger charge is 1.97. The fourth-order valence-electron chi connectivity index (χ4n) is 0.742. The van der Waals surface area contributed by atoms with Gasteiger partial charge in [-0.25, -0.2) is 0 Å². The molecule has 0 saturated carbocycles. The van der Waals surface area contributed by atoms with Gasteiger partial charge in [0.2, 0.25) is 0 Å². The minimum atomic E-state index is 0.0121. The number of anilines is 1. The Bertz CT molecular complexity index is 255. The van der Waals surface area contributed by atoms with Gasteiger partial charge in [-0.1, -0.05) is 12.1 Å². The van der Waals surface area contributed by atoms with Crippen LogP contribution in [-0.2, 0) is 0 Å². The van der Waals surface area contributed by atoms with E-state index in [4.69, 9.17) is 16.9 Å². The van der Waals surface area contributed by atoms with Crippen molar-refractivity contribution >= 4 is 11.5 Å². The number of nitrogens with two attached hydrogens (primary N) is 2. The molecule has 0 saturated heterocycles. The first-order chi connectivity index (χ1) is 4.72. The fraction of sp³-hybridized carbons (Fsp3) is 0. The molecule has 0 aliphatic carbocycles. The molecule has 0 aliphatic heterocycles. The Kier molecular flexibility index (Phi) is 1.58. The zero-order valence-corrected chi connectivity index (χ0v) is 5.46. The van der Waals surface area contributed by atoms with Gasteiger partial charge >= 0.3 is 0 Å². The molecule has 5 N–H and O–H groups in total. The van der Waals surface area contributed by atoms with E-state index in [9.17, 15) is 0 Å². The van der Waals surface area contributed by atoms with Gasteiger partial charge in [-0.3, -0.25) is 5.41 Å². The van der Waals surface area contributed by atoms with Crippen LogP contribution in [0.4, 0.5) is 5.69 Å². The van der Waals surface area contributed by atoms with Crippen LogP contribution in [-0.4, -0.2) is 5.84 Å². The summed E-state index contributed by atoms with van der Waals surface area (Å²) < 4.78 is 0. The molecule has 0 spiro atoms. The molecule has 0 aliphatic rings. The lowest BCUT2D eigenvalue weighted by Crippen LogP contribution is -2.12. The van der Waals surface area contributed by atoms with Crippen molar-refractivity contribution in [3.8, 4) is 0 Å². The van der Waals surface area contributed by atoms with Crippen LogP contribution in [0, 0.1) is 5.41 Å². The van der Waals surface area contributed by atoms with E-state index in [0.29, 0.717) is 11.3 Å². The molecule has 0 bridgehead atoms. The summed E-state index contributed by atoms with van der Waals surface area (Å²) in [4.78, 5) is 0. The first-order valence-electron chi connectivity index (χ1n) is 2.90. The van der Waals surface area contributed by atoms with Crippen LogP contribution in [0.1, 0.15) is 5.56 Å². The third-order valence-corrected chi connectivity index (χ3v) is 1.25. The molecule has 0 atom stereocenters. The van der Waals surface area contributed by atoms with Gasteiger partial charge in [0, 0.05) is 11.3 Å². The first-order valence-corrected chi connectivity index (χ1v) is 2.90. The monoisotopic (exact) mass is 135 g/mol. The van der Waals surface area contributed by atoms with Crippen LogP contribution in [0.2, 0.25) is 0 Å². The molecule has 1 rings (SSSR count). The van der Waals surface area contributed by atoms with Crippen molar-refractivity contribution in [2.75, 3.05) is 5.73 Å². The molecule has 0 amide bonds. The Morgan fingerprint density at radius 3 is 2.30 bits per heavy atom. The standard InChI is InChI=1S/C7H9N3/c8-6-4-2-1-3-5(6)7(9)10/h1-4H,8H2,(H3,9,10). The number of benzene rings is 1. The topological polar surface area (TPSA) is 75.9 Å². The predicted octanol–water partition coefficient (Wildman–Crippen LogP) is 0.553. The van der Waals surface area contributed by atoms with Gasteiger partial charge in [-0.2, -0.15) is 0 Å². The maximum absolute atomic E-state index is 7.07. The summed E-state index contributed by atoms with van der Waals surface area (Å²) in [5.74, 6) is 0.0121. The molecular formula is C7H9N3. The SMILES string of the molecule is N=C(N)c1ccccc1N. The van der Waals surface area contributed by atoms with Gasteiger partial charge < -0.3 is 11.5 Å². The molecule has 3 heteroatoms. The van der Waals surface area contributed by atoms with Gasteiger partial charge in [0.05, 0.1) is 0 Å². The highest BCUT2D eigenvalue weighted by Crippen LogP contribution is 2.08. The van der Waals surface area contributed by atoms with Crippen LogP contribution < -0.4 is 11.5 Å². The lowest BCUT2D eigenvalue weighted by atomic mass is 10.2. The van der Waals surface area contributed by atoms with Crippen molar-refractivity contribution < 1.29 is 0 Å². The first kappa shape index (κ1) is 6.61. The molecule has 3 nitrogen and oxygen atoms in total. The number of amidine groups is 1. The van der Waals surface area contributed by atoms with Crippen molar-refractivity contribution in [1.82, 2.24) is 0 Å². The van der Waals surface area contributed by atoms with Gasteiger partial charge in [0.25, 0.3) is 0 Å². The van der Waals surface area contributed by atoms with Crippen LogP contribution in [0.5, 0.6) is 0 Å². The van der Waals surface area contributed by atoms with Crippen LogP contribution in [0.3, 0.4) is 0 Å². The third-order valence-electron chi connectivity index (χ3n) is 1.25. The zero-order chi connectivity index (χ0) is 7.56. The summed E-state index contributed by atoms with van der Waals surface area (Å²) in [5.41, 5.74) is 11.9. The van der Waals surface area contributed by atoms with Crippen molar-refractivity contribution in [3.05, 3.63) is 29.8 Å². The number of nitrogen functional groups attached to an aromatic ring is 2. The molecule has 0 unspecified atom stereocenters. The molecule has 0 fully saturated rings. The van der Waals surface area contributed by atoms with Crippen LogP contribution in [0.15, 0.2) is 24.3 Å². The molecule has 0 radical (unpaired) electrons. The normalized spacial score (nSPS) is 9.20. The molecule has 0 aromatic heterocycles. The minimum absolute atomic E-state index is 0.0121. The number of hydrogen-bond donors (Lipinski definition) is 3. The van der Waals surface area contributed by atoms with E-state index in [2.05, 4.69) is 0 Å². The molecule has 52 valence electrons. The van der Waals surface area contributed by atoms with E-state index in [-0.39, 0.29) is 5.84 Å². The Morgan fingerprint density at radius 2 is 1.90 bits per heavy atom. The summed E-state index contributed by atoms with van der Waals surface area (Å²) in [5, 5.41) is 7.07. The van der Waals surface area contributed by atoms with E-state index in [0.717, 1.165) is 0 Å². The molecule has 10 heavy (non-hydrogen) atoms. The van der Waals surface area contributed by atoms with E-state index in [1.54, 1.807) is 18.2 Å². The second-order valence-electron chi connectivity index (χ2n) is 2.00. The Morgan fingerprint density at radius 1 is 1.30 bits per heavy atom. The van der Waals surface area contributed by atoms with E-state index in [1.165, 1.54) is 0 Å². The van der Waals surface area contributed by atoms with E-state index >= 15 is 0 Å². The molecule has 1 aromatic carbocycles. The van der Waals surface area contributed by atoms with Gasteiger partial charge in [-0.15, -0.1) is 0 Å². The van der Waals surface area contributed by atoms with Crippen molar-refractivity contribution in [2.45, 2.75) is 0 Å². The second kappa shape index (κ2) is 2.39. The van der Waals surface area contributed by atoms with Crippen molar-refractivity contribution in [2.24, 2.45) is 5.73 Å². The van der Waals surface area contributed by atoms with Crippen molar-refractivity contribution in [3.63, 3.8) is 0 Å². The van der Waals surface area contributed by atoms with Crippen LogP contribution >= 0.6 is 0 Å². The average molecular weight is 135 g/mol. The predicted molar refractivity (Wildman–Crippen MR) is 41.9 cm³/mol. The number of hydrogen-bond acceptors (Lipinski definition) is 2. The zero-order valence-electron chi connectivity index (χ0n) is 5.46. The van der Waals surface area contributed by atoms with Gasteiger partial charge in [-0.05, 0) is 12.1 Å². The average Bonchev–Trinajstić information content (AvgIpc) is 1.88. The maximum Gasteiger partial charge on any atom is 0.124 e.